The lowest BCUT2D eigenvalue weighted by atomic mass is 10.1. The monoisotopic (exact) mass is 432 g/mol. The Kier molecular flexibility index (Phi) is 6.65. The van der Waals surface area contributed by atoms with Crippen molar-refractivity contribution in [2.24, 2.45) is 0 Å². The molecule has 0 saturated heterocycles. The lowest BCUT2D eigenvalue weighted by molar-refractivity contribution is 0.0920. The average Bonchev–Trinajstić information content (AvgIpc) is 2.55. The molecule has 0 radical (unpaired) electrons. The molecule has 0 aliphatic heterocycles. The molecule has 0 bridgehead atoms. The van der Waals surface area contributed by atoms with Gasteiger partial charge in [0.2, 0.25) is 0 Å². The van der Waals surface area contributed by atoms with Gasteiger partial charge in [0.25, 0.3) is 11.8 Å². The summed E-state index contributed by atoms with van der Waals surface area (Å²) in [6.45, 7) is 9.60. The van der Waals surface area contributed by atoms with Gasteiger partial charge in [0.15, 0.2) is 0 Å². The number of rotatable bonds is 5. The number of hydrogen-bond donors (Lipinski definition) is 2. The third-order valence-corrected chi connectivity index (χ3v) is 4.08. The summed E-state index contributed by atoms with van der Waals surface area (Å²) in [5, 5.41) is 5.73. The van der Waals surface area contributed by atoms with Crippen LogP contribution < -0.4 is 15.4 Å². The van der Waals surface area contributed by atoms with Crippen molar-refractivity contribution < 1.29 is 14.3 Å². The maximum atomic E-state index is 12.7. The molecule has 0 saturated carbocycles. The van der Waals surface area contributed by atoms with Gasteiger partial charge in [0, 0.05) is 11.1 Å². The molecule has 0 aromatic heterocycles. The number of hydrogen-bond acceptors (Lipinski definition) is 3. The Bertz CT molecular complexity index is 842. The molecular formula is C21H25BrN2O3. The molecule has 0 aliphatic carbocycles. The number of carbonyl (C=O) groups is 2. The van der Waals surface area contributed by atoms with Gasteiger partial charge >= 0.3 is 0 Å². The Hall–Kier alpha value is -2.34. The molecule has 0 spiro atoms. The number of amides is 2. The maximum absolute atomic E-state index is 12.7. The van der Waals surface area contributed by atoms with E-state index in [0.29, 0.717) is 27.0 Å². The van der Waals surface area contributed by atoms with E-state index in [4.69, 9.17) is 4.74 Å². The zero-order valence-electron chi connectivity index (χ0n) is 16.2. The molecule has 0 atom stereocenters. The van der Waals surface area contributed by atoms with Gasteiger partial charge in [-0.1, -0.05) is 12.1 Å². The summed E-state index contributed by atoms with van der Waals surface area (Å²) >= 11 is 3.43. The largest absolute Gasteiger partial charge is 0.490 e. The average molecular weight is 433 g/mol. The molecule has 2 rings (SSSR count). The van der Waals surface area contributed by atoms with Crippen molar-refractivity contribution in [3.05, 3.63) is 58.1 Å². The third-order valence-electron chi connectivity index (χ3n) is 3.47. The van der Waals surface area contributed by atoms with E-state index in [9.17, 15) is 9.59 Å². The Labute approximate surface area is 168 Å². The highest BCUT2D eigenvalue weighted by atomic mass is 79.9. The molecule has 27 heavy (non-hydrogen) atoms. The second-order valence-electron chi connectivity index (χ2n) is 7.52. The van der Waals surface area contributed by atoms with Gasteiger partial charge in [0.1, 0.15) is 5.75 Å². The molecule has 5 nitrogen and oxygen atoms in total. The highest BCUT2D eigenvalue weighted by molar-refractivity contribution is 9.10. The molecule has 6 heteroatoms. The molecule has 2 aromatic carbocycles. The lowest BCUT2D eigenvalue weighted by Crippen LogP contribution is -2.40. The van der Waals surface area contributed by atoms with Crippen LogP contribution in [0.2, 0.25) is 0 Å². The first-order valence-corrected chi connectivity index (χ1v) is 9.55. The number of nitrogens with one attached hydrogen (secondary N) is 2. The van der Waals surface area contributed by atoms with E-state index in [-0.39, 0.29) is 23.5 Å². The Morgan fingerprint density at radius 3 is 2.30 bits per heavy atom. The summed E-state index contributed by atoms with van der Waals surface area (Å²) in [5.74, 6) is 0.134. The first kappa shape index (κ1) is 21.0. The van der Waals surface area contributed by atoms with Crippen molar-refractivity contribution in [1.82, 2.24) is 5.32 Å². The van der Waals surface area contributed by atoms with E-state index < -0.39 is 0 Å². The number of carbonyl (C=O) groups excluding carboxylic acids is 2. The minimum absolute atomic E-state index is 0.0363. The number of ether oxygens (including phenoxy) is 1. The van der Waals surface area contributed by atoms with Crippen molar-refractivity contribution in [2.75, 3.05) is 5.32 Å². The van der Waals surface area contributed by atoms with Gasteiger partial charge in [-0.25, -0.2) is 0 Å². The van der Waals surface area contributed by atoms with Crippen molar-refractivity contribution >= 4 is 33.4 Å². The van der Waals surface area contributed by atoms with E-state index in [1.54, 1.807) is 42.5 Å². The number of para-hydroxylation sites is 1. The van der Waals surface area contributed by atoms with Gasteiger partial charge in [-0.15, -0.1) is 0 Å². The summed E-state index contributed by atoms with van der Waals surface area (Å²) in [6.07, 6.45) is 0.0363. The lowest BCUT2D eigenvalue weighted by Gasteiger charge is -2.21. The molecule has 0 fully saturated rings. The number of halogens is 1. The zero-order chi connectivity index (χ0) is 20.2. The molecular weight excluding hydrogens is 408 g/mol. The quantitative estimate of drug-likeness (QED) is 0.696. The van der Waals surface area contributed by atoms with E-state index in [1.807, 2.05) is 34.6 Å². The van der Waals surface area contributed by atoms with Gasteiger partial charge in [0.05, 0.1) is 21.8 Å². The molecule has 0 heterocycles. The van der Waals surface area contributed by atoms with Crippen LogP contribution in [-0.2, 0) is 0 Å². The minimum atomic E-state index is -0.370. The van der Waals surface area contributed by atoms with E-state index in [0.717, 1.165) is 0 Å². The predicted molar refractivity (Wildman–Crippen MR) is 112 cm³/mol. The van der Waals surface area contributed by atoms with Crippen LogP contribution in [0.5, 0.6) is 5.75 Å². The fourth-order valence-electron chi connectivity index (χ4n) is 2.38. The molecule has 2 aromatic rings. The van der Waals surface area contributed by atoms with Crippen LogP contribution in [0, 0.1) is 0 Å². The van der Waals surface area contributed by atoms with Crippen LogP contribution >= 0.6 is 15.9 Å². The highest BCUT2D eigenvalue weighted by Gasteiger charge is 2.19. The summed E-state index contributed by atoms with van der Waals surface area (Å²) in [4.78, 5) is 25.2. The SMILES string of the molecule is CC(C)Oc1ccc(C(=O)Nc2ccccc2C(=O)NC(C)(C)C)cc1Br. The van der Waals surface area contributed by atoms with E-state index >= 15 is 0 Å². The van der Waals surface area contributed by atoms with Crippen LogP contribution in [0.3, 0.4) is 0 Å². The van der Waals surface area contributed by atoms with Gasteiger partial charge in [-0.3, -0.25) is 9.59 Å². The molecule has 0 aliphatic rings. The van der Waals surface area contributed by atoms with Crippen LogP contribution in [-0.4, -0.2) is 23.5 Å². The second kappa shape index (κ2) is 8.57. The van der Waals surface area contributed by atoms with Crippen molar-refractivity contribution in [3.63, 3.8) is 0 Å². The fraction of sp³-hybridized carbons (Fsp3) is 0.333. The Balaban J connectivity index is 2.21. The fourth-order valence-corrected chi connectivity index (χ4v) is 2.86. The maximum Gasteiger partial charge on any atom is 0.255 e. The molecule has 2 amide bonds. The van der Waals surface area contributed by atoms with E-state index in [1.165, 1.54) is 0 Å². The van der Waals surface area contributed by atoms with Crippen molar-refractivity contribution in [3.8, 4) is 5.75 Å². The summed E-state index contributed by atoms with van der Waals surface area (Å²) in [6, 6.07) is 12.1. The smallest absolute Gasteiger partial charge is 0.255 e. The molecule has 144 valence electrons. The van der Waals surface area contributed by atoms with Gasteiger partial charge in [-0.2, -0.15) is 0 Å². The van der Waals surface area contributed by atoms with Crippen LogP contribution in [0.15, 0.2) is 46.9 Å². The number of anilines is 1. The van der Waals surface area contributed by atoms with Crippen molar-refractivity contribution in [1.29, 1.82) is 0 Å². The molecule has 2 N–H and O–H groups in total. The van der Waals surface area contributed by atoms with E-state index in [2.05, 4.69) is 26.6 Å². The van der Waals surface area contributed by atoms with Crippen LogP contribution in [0.4, 0.5) is 5.69 Å². The number of benzene rings is 2. The summed E-state index contributed by atoms with van der Waals surface area (Å²) < 4.78 is 6.36. The van der Waals surface area contributed by atoms with Gasteiger partial charge in [-0.05, 0) is 80.9 Å². The first-order valence-electron chi connectivity index (χ1n) is 8.76. The third kappa shape index (κ3) is 6.10. The highest BCUT2D eigenvalue weighted by Crippen LogP contribution is 2.27. The normalized spacial score (nSPS) is 11.2. The van der Waals surface area contributed by atoms with Crippen LogP contribution in [0.1, 0.15) is 55.3 Å². The minimum Gasteiger partial charge on any atom is -0.490 e. The summed E-state index contributed by atoms with van der Waals surface area (Å²) in [7, 11) is 0. The van der Waals surface area contributed by atoms with Gasteiger partial charge < -0.3 is 15.4 Å². The summed E-state index contributed by atoms with van der Waals surface area (Å²) in [5.41, 5.74) is 0.970. The topological polar surface area (TPSA) is 67.4 Å². The zero-order valence-corrected chi connectivity index (χ0v) is 17.8. The Morgan fingerprint density at radius 2 is 1.70 bits per heavy atom. The standard InChI is InChI=1S/C21H25BrN2O3/c1-13(2)27-18-11-10-14(12-16(18)22)19(25)23-17-9-7-6-8-15(17)20(26)24-21(3,4)5/h6-13H,1-5H3,(H,23,25)(H,24,26). The molecule has 0 unspecified atom stereocenters. The van der Waals surface area contributed by atoms with Crippen LogP contribution in [0.25, 0.3) is 0 Å². The Morgan fingerprint density at radius 1 is 1.04 bits per heavy atom. The predicted octanol–water partition coefficient (Wildman–Crippen LogP) is 5.02. The van der Waals surface area contributed by atoms with Crippen molar-refractivity contribution in [2.45, 2.75) is 46.3 Å². The first-order chi connectivity index (χ1) is 12.6. The second-order valence-corrected chi connectivity index (χ2v) is 8.37.